The summed E-state index contributed by atoms with van der Waals surface area (Å²) in [5.41, 5.74) is 2.35. The van der Waals surface area contributed by atoms with Crippen molar-refractivity contribution in [2.75, 3.05) is 39.1 Å². The second kappa shape index (κ2) is 8.25. The molecule has 1 fully saturated rings. The number of anilines is 1. The van der Waals surface area contributed by atoms with Crippen LogP contribution in [0.4, 0.5) is 5.69 Å². The molecule has 1 aliphatic rings. The van der Waals surface area contributed by atoms with Gasteiger partial charge in [0.05, 0.1) is 0 Å². The number of nitrogens with zero attached hydrogens (tertiary/aromatic N) is 2. The first-order valence-electron chi connectivity index (χ1n) is 7.30. The van der Waals surface area contributed by atoms with Crippen molar-refractivity contribution in [2.45, 2.75) is 19.4 Å². The van der Waals surface area contributed by atoms with Gasteiger partial charge in [0.25, 0.3) is 0 Å². The quantitative estimate of drug-likeness (QED) is 0.925. The monoisotopic (exact) mass is 311 g/mol. The van der Waals surface area contributed by atoms with E-state index in [1.54, 1.807) is 0 Å². The number of amides is 1. The van der Waals surface area contributed by atoms with Crippen molar-refractivity contribution in [3.8, 4) is 0 Å². The molecule has 1 heterocycles. The minimum absolute atomic E-state index is 0. The van der Waals surface area contributed by atoms with Gasteiger partial charge in [-0.1, -0.05) is 12.1 Å². The minimum Gasteiger partial charge on any atom is -0.378 e. The Morgan fingerprint density at radius 1 is 1.24 bits per heavy atom. The van der Waals surface area contributed by atoms with Crippen LogP contribution in [0.15, 0.2) is 24.3 Å². The molecule has 0 bridgehead atoms. The van der Waals surface area contributed by atoms with Gasteiger partial charge in [0.15, 0.2) is 0 Å². The number of benzene rings is 1. The maximum atomic E-state index is 12.4. The molecule has 0 aromatic heterocycles. The number of piperidine rings is 1. The molecule has 0 radical (unpaired) electrons. The molecular formula is C16H26ClN3O. The average Bonchev–Trinajstić information content (AvgIpc) is 2.47. The van der Waals surface area contributed by atoms with Crippen molar-refractivity contribution in [1.29, 1.82) is 0 Å². The molecular weight excluding hydrogens is 286 g/mol. The van der Waals surface area contributed by atoms with Gasteiger partial charge in [-0.15, -0.1) is 12.4 Å². The van der Waals surface area contributed by atoms with E-state index in [9.17, 15) is 4.79 Å². The molecule has 1 saturated heterocycles. The summed E-state index contributed by atoms with van der Waals surface area (Å²) >= 11 is 0. The topological polar surface area (TPSA) is 35.6 Å². The van der Waals surface area contributed by atoms with Gasteiger partial charge in [-0.3, -0.25) is 4.79 Å². The van der Waals surface area contributed by atoms with Crippen LogP contribution < -0.4 is 10.2 Å². The number of carbonyl (C=O) groups is 1. The Morgan fingerprint density at radius 3 is 2.52 bits per heavy atom. The fourth-order valence-electron chi connectivity index (χ4n) is 2.67. The maximum Gasteiger partial charge on any atom is 0.225 e. The molecule has 21 heavy (non-hydrogen) atoms. The zero-order chi connectivity index (χ0) is 14.5. The molecule has 0 spiro atoms. The van der Waals surface area contributed by atoms with Gasteiger partial charge >= 0.3 is 0 Å². The summed E-state index contributed by atoms with van der Waals surface area (Å²) < 4.78 is 0. The average molecular weight is 312 g/mol. The fraction of sp³-hybridized carbons (Fsp3) is 0.562. The normalized spacial score (nSPS) is 15.2. The molecule has 0 saturated carbocycles. The molecule has 1 aromatic rings. The van der Waals surface area contributed by atoms with Gasteiger partial charge in [0.2, 0.25) is 5.91 Å². The third-order valence-corrected chi connectivity index (χ3v) is 3.91. The van der Waals surface area contributed by atoms with E-state index >= 15 is 0 Å². The molecule has 118 valence electrons. The van der Waals surface area contributed by atoms with Crippen molar-refractivity contribution >= 4 is 24.0 Å². The largest absolute Gasteiger partial charge is 0.378 e. The van der Waals surface area contributed by atoms with Crippen LogP contribution in [0.5, 0.6) is 0 Å². The Morgan fingerprint density at radius 2 is 1.90 bits per heavy atom. The van der Waals surface area contributed by atoms with Crippen molar-refractivity contribution in [3.63, 3.8) is 0 Å². The summed E-state index contributed by atoms with van der Waals surface area (Å²) in [6, 6.07) is 8.36. The van der Waals surface area contributed by atoms with Gasteiger partial charge in [-0.2, -0.15) is 0 Å². The number of hydrogen-bond donors (Lipinski definition) is 1. The standard InChI is InChI=1S/C16H25N3O.ClH/c1-18(2)15-6-4-5-13(11-15)12-19(3)16(20)14-7-9-17-10-8-14;/h4-6,11,14,17H,7-10,12H2,1-3H3;1H. The van der Waals surface area contributed by atoms with Crippen LogP contribution >= 0.6 is 12.4 Å². The van der Waals surface area contributed by atoms with E-state index in [4.69, 9.17) is 0 Å². The molecule has 4 nitrogen and oxygen atoms in total. The predicted molar refractivity (Wildman–Crippen MR) is 90.1 cm³/mol. The lowest BCUT2D eigenvalue weighted by Gasteiger charge is -2.27. The van der Waals surface area contributed by atoms with Crippen LogP contribution in [0, 0.1) is 5.92 Å². The van der Waals surface area contributed by atoms with E-state index in [-0.39, 0.29) is 24.2 Å². The van der Waals surface area contributed by atoms with Gasteiger partial charge < -0.3 is 15.1 Å². The van der Waals surface area contributed by atoms with E-state index < -0.39 is 0 Å². The van der Waals surface area contributed by atoms with Crippen molar-refractivity contribution in [3.05, 3.63) is 29.8 Å². The van der Waals surface area contributed by atoms with Crippen molar-refractivity contribution in [2.24, 2.45) is 5.92 Å². The first-order valence-corrected chi connectivity index (χ1v) is 7.30. The highest BCUT2D eigenvalue weighted by molar-refractivity contribution is 5.85. The molecule has 1 amide bonds. The van der Waals surface area contributed by atoms with E-state index in [2.05, 4.69) is 28.4 Å². The van der Waals surface area contributed by atoms with Crippen molar-refractivity contribution in [1.82, 2.24) is 10.2 Å². The third kappa shape index (κ3) is 4.90. The highest BCUT2D eigenvalue weighted by atomic mass is 35.5. The number of carbonyl (C=O) groups excluding carboxylic acids is 1. The lowest BCUT2D eigenvalue weighted by Crippen LogP contribution is -2.38. The van der Waals surface area contributed by atoms with E-state index in [1.807, 2.05) is 32.1 Å². The summed E-state index contributed by atoms with van der Waals surface area (Å²) in [6.07, 6.45) is 1.92. The number of nitrogens with one attached hydrogen (secondary N) is 1. The van der Waals surface area contributed by atoms with E-state index in [0.29, 0.717) is 6.54 Å². The summed E-state index contributed by atoms with van der Waals surface area (Å²) in [6.45, 7) is 2.60. The third-order valence-electron chi connectivity index (χ3n) is 3.91. The molecule has 0 unspecified atom stereocenters. The summed E-state index contributed by atoms with van der Waals surface area (Å²) in [4.78, 5) is 16.4. The zero-order valence-corrected chi connectivity index (χ0v) is 13.9. The second-order valence-corrected chi connectivity index (χ2v) is 5.78. The van der Waals surface area contributed by atoms with Crippen LogP contribution in [0.25, 0.3) is 0 Å². The molecule has 1 N–H and O–H groups in total. The Bertz CT molecular complexity index is 459. The lowest BCUT2D eigenvalue weighted by atomic mass is 9.96. The Labute approximate surface area is 133 Å². The number of rotatable bonds is 4. The van der Waals surface area contributed by atoms with Gasteiger partial charge in [-0.05, 0) is 43.6 Å². The SMILES string of the molecule is CN(Cc1cccc(N(C)C)c1)C(=O)C1CCNCC1.Cl. The molecule has 0 atom stereocenters. The summed E-state index contributed by atoms with van der Waals surface area (Å²) in [5, 5.41) is 3.30. The predicted octanol–water partition coefficient (Wildman–Crippen LogP) is 2.13. The van der Waals surface area contributed by atoms with Crippen LogP contribution in [0.3, 0.4) is 0 Å². The fourth-order valence-corrected chi connectivity index (χ4v) is 2.67. The Kier molecular flexibility index (Phi) is 6.99. The van der Waals surface area contributed by atoms with Gasteiger partial charge in [-0.25, -0.2) is 0 Å². The molecule has 1 aromatic carbocycles. The van der Waals surface area contributed by atoms with E-state index in [1.165, 1.54) is 11.3 Å². The lowest BCUT2D eigenvalue weighted by molar-refractivity contribution is -0.135. The minimum atomic E-state index is 0. The van der Waals surface area contributed by atoms with Crippen LogP contribution in [-0.4, -0.2) is 45.0 Å². The molecule has 2 rings (SSSR count). The molecule has 0 aliphatic carbocycles. The maximum absolute atomic E-state index is 12.4. The van der Waals surface area contributed by atoms with Crippen LogP contribution in [0.2, 0.25) is 0 Å². The first-order chi connectivity index (χ1) is 9.58. The first kappa shape index (κ1) is 17.8. The van der Waals surface area contributed by atoms with Crippen LogP contribution in [0.1, 0.15) is 18.4 Å². The smallest absolute Gasteiger partial charge is 0.225 e. The Hall–Kier alpha value is -1.26. The number of hydrogen-bond acceptors (Lipinski definition) is 3. The summed E-state index contributed by atoms with van der Waals surface area (Å²) in [5.74, 6) is 0.472. The zero-order valence-electron chi connectivity index (χ0n) is 13.1. The number of halogens is 1. The van der Waals surface area contributed by atoms with Crippen molar-refractivity contribution < 1.29 is 4.79 Å². The van der Waals surface area contributed by atoms with E-state index in [0.717, 1.165) is 25.9 Å². The Balaban J connectivity index is 0.00000220. The highest BCUT2D eigenvalue weighted by Crippen LogP contribution is 2.18. The highest BCUT2D eigenvalue weighted by Gasteiger charge is 2.23. The van der Waals surface area contributed by atoms with Gasteiger partial charge in [0, 0.05) is 39.3 Å². The summed E-state index contributed by atoms with van der Waals surface area (Å²) in [7, 11) is 5.97. The molecule has 5 heteroatoms. The van der Waals surface area contributed by atoms with Gasteiger partial charge in [0.1, 0.15) is 0 Å². The second-order valence-electron chi connectivity index (χ2n) is 5.78. The van der Waals surface area contributed by atoms with Crippen LogP contribution in [-0.2, 0) is 11.3 Å². The molecule has 1 aliphatic heterocycles.